The highest BCUT2D eigenvalue weighted by Crippen LogP contribution is 2.38. The molecule has 1 aliphatic rings. The van der Waals surface area contributed by atoms with Gasteiger partial charge in [-0.1, -0.05) is 12.1 Å². The first-order valence-electron chi connectivity index (χ1n) is 11.9. The summed E-state index contributed by atoms with van der Waals surface area (Å²) in [5.74, 6) is -1.36. The quantitative estimate of drug-likeness (QED) is 0.204. The van der Waals surface area contributed by atoms with Crippen LogP contribution in [0.4, 0.5) is 18.9 Å². The van der Waals surface area contributed by atoms with E-state index in [1.54, 1.807) is 4.90 Å². The molecule has 1 fully saturated rings. The standard InChI is InChI=1S/C25H24F3N2O9P/c1-37-24(33)19(11-14-4-7-16(8-5-14)39-40(34,35)36)29-23(32)20-3-2-10-30(20)15-6-9-17-18(25(26,27)28)13-22(31)38-21(17)12-15/h4-9,12-13,19-20H,2-3,10-11H2,1H3,(H,29,32)(H2,34,35,36)/t19-,20+/m0/s1. The van der Waals surface area contributed by atoms with Crippen molar-refractivity contribution >= 4 is 36.4 Å². The van der Waals surface area contributed by atoms with Crippen LogP contribution in [0.5, 0.6) is 5.75 Å². The highest BCUT2D eigenvalue weighted by molar-refractivity contribution is 7.46. The highest BCUT2D eigenvalue weighted by Gasteiger charge is 2.36. The average Bonchev–Trinajstić information content (AvgIpc) is 3.37. The number of halogens is 3. The van der Waals surface area contributed by atoms with E-state index in [1.807, 2.05) is 0 Å². The van der Waals surface area contributed by atoms with Gasteiger partial charge >= 0.3 is 25.6 Å². The molecule has 1 amide bonds. The maximum atomic E-state index is 13.4. The van der Waals surface area contributed by atoms with Gasteiger partial charge < -0.3 is 23.9 Å². The fraction of sp³-hybridized carbons (Fsp3) is 0.320. The molecule has 3 aromatic rings. The van der Waals surface area contributed by atoms with Crippen LogP contribution in [0.25, 0.3) is 11.0 Å². The lowest BCUT2D eigenvalue weighted by Crippen LogP contribution is -2.50. The van der Waals surface area contributed by atoms with Gasteiger partial charge in [-0.05, 0) is 42.7 Å². The molecule has 15 heteroatoms. The molecule has 0 aliphatic carbocycles. The number of ether oxygens (including phenoxy) is 1. The number of nitrogens with zero attached hydrogens (tertiary/aromatic N) is 1. The minimum Gasteiger partial charge on any atom is -0.467 e. The number of phosphoric acid groups is 1. The summed E-state index contributed by atoms with van der Waals surface area (Å²) < 4.78 is 65.5. The van der Waals surface area contributed by atoms with Crippen LogP contribution in [0.15, 0.2) is 57.7 Å². The minimum absolute atomic E-state index is 0.0112. The topological polar surface area (TPSA) is 156 Å². The van der Waals surface area contributed by atoms with Gasteiger partial charge in [-0.2, -0.15) is 13.2 Å². The molecule has 2 atom stereocenters. The Hall–Kier alpha value is -3.87. The van der Waals surface area contributed by atoms with Crippen molar-refractivity contribution in [3.05, 3.63) is 70.1 Å². The van der Waals surface area contributed by atoms with E-state index in [1.165, 1.54) is 42.5 Å². The molecule has 2 aromatic carbocycles. The number of fused-ring (bicyclic) bond motifs is 1. The number of anilines is 1. The van der Waals surface area contributed by atoms with Crippen LogP contribution in [0.1, 0.15) is 24.0 Å². The van der Waals surface area contributed by atoms with Gasteiger partial charge in [-0.15, -0.1) is 0 Å². The van der Waals surface area contributed by atoms with Gasteiger partial charge in [0.1, 0.15) is 23.4 Å². The Balaban J connectivity index is 1.53. The molecule has 0 unspecified atom stereocenters. The fourth-order valence-electron chi connectivity index (χ4n) is 4.58. The third-order valence-electron chi connectivity index (χ3n) is 6.31. The summed E-state index contributed by atoms with van der Waals surface area (Å²) in [6.45, 7) is 0.386. The Morgan fingerprint density at radius 3 is 2.50 bits per heavy atom. The smallest absolute Gasteiger partial charge is 0.467 e. The predicted molar refractivity (Wildman–Crippen MR) is 135 cm³/mol. The molecule has 0 radical (unpaired) electrons. The van der Waals surface area contributed by atoms with E-state index in [4.69, 9.17) is 18.9 Å². The third kappa shape index (κ3) is 6.82. The Kier molecular flexibility index (Phi) is 8.24. The number of hydrogen-bond donors (Lipinski definition) is 3. The SMILES string of the molecule is COC(=O)[C@H](Cc1ccc(OP(=O)(O)O)cc1)NC(=O)[C@H]1CCCN1c1ccc2c(C(F)(F)F)cc(=O)oc2c1. The molecule has 2 heterocycles. The molecule has 40 heavy (non-hydrogen) atoms. The lowest BCUT2D eigenvalue weighted by Gasteiger charge is -2.28. The van der Waals surface area contributed by atoms with E-state index >= 15 is 0 Å². The second-order valence-electron chi connectivity index (χ2n) is 9.02. The molecule has 1 aliphatic heterocycles. The summed E-state index contributed by atoms with van der Waals surface area (Å²) in [4.78, 5) is 57.0. The average molecular weight is 584 g/mol. The lowest BCUT2D eigenvalue weighted by molar-refractivity contribution is -0.145. The maximum Gasteiger partial charge on any atom is 0.524 e. The zero-order valence-corrected chi connectivity index (χ0v) is 21.8. The molecule has 4 rings (SSSR count). The lowest BCUT2D eigenvalue weighted by atomic mass is 10.0. The molecule has 1 saturated heterocycles. The number of alkyl halides is 3. The molecule has 3 N–H and O–H groups in total. The van der Waals surface area contributed by atoms with E-state index in [0.717, 1.165) is 7.11 Å². The van der Waals surface area contributed by atoms with Crippen molar-refractivity contribution in [3.63, 3.8) is 0 Å². The molecule has 1 aromatic heterocycles. The van der Waals surface area contributed by atoms with Crippen LogP contribution >= 0.6 is 7.82 Å². The van der Waals surface area contributed by atoms with Gasteiger partial charge in [0, 0.05) is 36.2 Å². The number of amides is 1. The summed E-state index contributed by atoms with van der Waals surface area (Å²) >= 11 is 0. The van der Waals surface area contributed by atoms with Crippen molar-refractivity contribution in [2.45, 2.75) is 37.5 Å². The zero-order chi connectivity index (χ0) is 29.2. The van der Waals surface area contributed by atoms with Gasteiger partial charge in [0.2, 0.25) is 5.91 Å². The van der Waals surface area contributed by atoms with Gasteiger partial charge in [0.05, 0.1) is 12.7 Å². The normalized spacial score (nSPS) is 16.6. The number of benzene rings is 2. The van der Waals surface area contributed by atoms with Crippen LogP contribution in [0.2, 0.25) is 0 Å². The number of phosphoric ester groups is 1. The summed E-state index contributed by atoms with van der Waals surface area (Å²) in [7, 11) is -3.60. The van der Waals surface area contributed by atoms with Crippen molar-refractivity contribution in [2.24, 2.45) is 0 Å². The zero-order valence-electron chi connectivity index (χ0n) is 20.9. The van der Waals surface area contributed by atoms with E-state index in [2.05, 4.69) is 9.84 Å². The number of esters is 1. The van der Waals surface area contributed by atoms with Crippen LogP contribution in [-0.2, 0) is 31.5 Å². The van der Waals surface area contributed by atoms with Gasteiger partial charge in [0.15, 0.2) is 0 Å². The van der Waals surface area contributed by atoms with Crippen molar-refractivity contribution in [2.75, 3.05) is 18.6 Å². The monoisotopic (exact) mass is 584 g/mol. The fourth-order valence-corrected chi connectivity index (χ4v) is 4.97. The van der Waals surface area contributed by atoms with Crippen LogP contribution < -0.4 is 20.4 Å². The van der Waals surface area contributed by atoms with Gasteiger partial charge in [-0.3, -0.25) is 14.6 Å². The summed E-state index contributed by atoms with van der Waals surface area (Å²) in [6.07, 6.45) is -3.81. The largest absolute Gasteiger partial charge is 0.524 e. The molecular weight excluding hydrogens is 560 g/mol. The molecule has 0 bridgehead atoms. The van der Waals surface area contributed by atoms with E-state index in [0.29, 0.717) is 36.7 Å². The second kappa shape index (κ2) is 11.3. The van der Waals surface area contributed by atoms with Crippen molar-refractivity contribution in [1.29, 1.82) is 0 Å². The first kappa shape index (κ1) is 29.1. The second-order valence-corrected chi connectivity index (χ2v) is 10.2. The van der Waals surface area contributed by atoms with Crippen molar-refractivity contribution in [3.8, 4) is 5.75 Å². The Morgan fingerprint density at radius 1 is 1.18 bits per heavy atom. The highest BCUT2D eigenvalue weighted by atomic mass is 31.2. The number of carbonyl (C=O) groups is 2. The van der Waals surface area contributed by atoms with Crippen molar-refractivity contribution < 1.29 is 50.8 Å². The van der Waals surface area contributed by atoms with Crippen LogP contribution in [0, 0.1) is 0 Å². The summed E-state index contributed by atoms with van der Waals surface area (Å²) in [5, 5.41) is 2.36. The molecule has 0 saturated carbocycles. The minimum atomic E-state index is -4.76. The Labute approximate surface area is 224 Å². The van der Waals surface area contributed by atoms with Gasteiger partial charge in [-0.25, -0.2) is 14.2 Å². The number of hydrogen-bond acceptors (Lipinski definition) is 8. The van der Waals surface area contributed by atoms with E-state index < -0.39 is 49.1 Å². The van der Waals surface area contributed by atoms with E-state index in [9.17, 15) is 32.1 Å². The van der Waals surface area contributed by atoms with Crippen LogP contribution in [0.3, 0.4) is 0 Å². The summed E-state index contributed by atoms with van der Waals surface area (Å²) in [6, 6.07) is 7.88. The molecule has 11 nitrogen and oxygen atoms in total. The van der Waals surface area contributed by atoms with Crippen molar-refractivity contribution in [1.82, 2.24) is 5.32 Å². The Bertz CT molecular complexity index is 1520. The van der Waals surface area contributed by atoms with E-state index in [-0.39, 0.29) is 23.1 Å². The first-order valence-corrected chi connectivity index (χ1v) is 13.4. The summed E-state index contributed by atoms with van der Waals surface area (Å²) in [5.41, 5.74) is -1.66. The first-order chi connectivity index (χ1) is 18.7. The molecule has 0 spiro atoms. The molecular formula is C25H24F3N2O9P. The van der Waals surface area contributed by atoms with Crippen LogP contribution in [-0.4, -0.2) is 47.4 Å². The number of rotatable bonds is 8. The third-order valence-corrected chi connectivity index (χ3v) is 6.76. The maximum absolute atomic E-state index is 13.4. The number of nitrogens with one attached hydrogen (secondary N) is 1. The molecule has 214 valence electrons. The predicted octanol–water partition coefficient (Wildman–Crippen LogP) is 3.15. The number of carbonyl (C=O) groups excluding carboxylic acids is 2. The number of methoxy groups -OCH3 is 1. The Morgan fingerprint density at radius 2 is 1.88 bits per heavy atom. The van der Waals surface area contributed by atoms with Gasteiger partial charge in [0.25, 0.3) is 0 Å².